The molecule has 1 aromatic heterocycles. The van der Waals surface area contributed by atoms with E-state index in [2.05, 4.69) is 10.6 Å². The first-order valence-electron chi connectivity index (χ1n) is 7.19. The first-order valence-corrected chi connectivity index (χ1v) is 8.01. The number of methoxy groups -OCH3 is 1. The predicted molar refractivity (Wildman–Crippen MR) is 88.4 cm³/mol. The number of carbonyl (C=O) groups excluding carboxylic acids is 1. The van der Waals surface area contributed by atoms with Crippen LogP contribution in [0, 0.1) is 6.92 Å². The highest BCUT2D eigenvalue weighted by molar-refractivity contribution is 7.12. The van der Waals surface area contributed by atoms with Crippen molar-refractivity contribution >= 4 is 23.1 Å². The standard InChI is InChI=1S/C16H18N2O4S/c1-10-3-6-15(23-10)14(20-2)8-17-16(19)18-11-4-5-12-13(7-11)22-9-21-12/h3-7,14H,8-9H2,1-2H3,(H2,17,18,19). The third-order valence-electron chi connectivity index (χ3n) is 3.44. The molecule has 122 valence electrons. The van der Waals surface area contributed by atoms with Gasteiger partial charge in [0.2, 0.25) is 6.79 Å². The van der Waals surface area contributed by atoms with E-state index >= 15 is 0 Å². The Morgan fingerprint density at radius 3 is 2.87 bits per heavy atom. The maximum absolute atomic E-state index is 12.0. The fourth-order valence-corrected chi connectivity index (χ4v) is 3.22. The number of rotatable bonds is 5. The molecule has 2 aromatic rings. The van der Waals surface area contributed by atoms with Gasteiger partial charge in [0.15, 0.2) is 11.5 Å². The predicted octanol–water partition coefficient (Wildman–Crippen LogP) is 3.29. The van der Waals surface area contributed by atoms with E-state index in [9.17, 15) is 4.79 Å². The van der Waals surface area contributed by atoms with Crippen molar-refractivity contribution in [1.29, 1.82) is 0 Å². The Hall–Kier alpha value is -2.25. The molecule has 0 bridgehead atoms. The molecule has 2 heterocycles. The third-order valence-corrected chi connectivity index (χ3v) is 4.53. The Labute approximate surface area is 138 Å². The smallest absolute Gasteiger partial charge is 0.319 e. The van der Waals surface area contributed by atoms with Crippen LogP contribution >= 0.6 is 11.3 Å². The van der Waals surface area contributed by atoms with Gasteiger partial charge in [-0.3, -0.25) is 0 Å². The lowest BCUT2D eigenvalue weighted by molar-refractivity contribution is 0.107. The topological polar surface area (TPSA) is 68.8 Å². The van der Waals surface area contributed by atoms with Crippen LogP contribution in [0.1, 0.15) is 15.9 Å². The summed E-state index contributed by atoms with van der Waals surface area (Å²) in [6, 6.07) is 9.04. The number of fused-ring (bicyclic) bond motifs is 1. The second kappa shape index (κ2) is 6.89. The number of benzene rings is 1. The Morgan fingerprint density at radius 2 is 2.13 bits per heavy atom. The lowest BCUT2D eigenvalue weighted by atomic mass is 10.2. The number of thiophene rings is 1. The fourth-order valence-electron chi connectivity index (χ4n) is 2.26. The molecular formula is C16H18N2O4S. The maximum atomic E-state index is 12.0. The molecule has 1 unspecified atom stereocenters. The number of urea groups is 1. The summed E-state index contributed by atoms with van der Waals surface area (Å²) in [5.41, 5.74) is 0.646. The van der Waals surface area contributed by atoms with Crippen molar-refractivity contribution < 1.29 is 19.0 Å². The molecule has 23 heavy (non-hydrogen) atoms. The average molecular weight is 334 g/mol. The minimum Gasteiger partial charge on any atom is -0.454 e. The zero-order valence-corrected chi connectivity index (χ0v) is 13.7. The summed E-state index contributed by atoms with van der Waals surface area (Å²) in [5, 5.41) is 5.59. The van der Waals surface area contributed by atoms with Gasteiger partial charge in [0.25, 0.3) is 0 Å². The minimum absolute atomic E-state index is 0.156. The number of amides is 2. The van der Waals surface area contributed by atoms with Gasteiger partial charge >= 0.3 is 6.03 Å². The van der Waals surface area contributed by atoms with Crippen LogP contribution in [0.3, 0.4) is 0 Å². The van der Waals surface area contributed by atoms with Gasteiger partial charge < -0.3 is 24.8 Å². The van der Waals surface area contributed by atoms with Gasteiger partial charge in [0.05, 0.1) is 6.54 Å². The van der Waals surface area contributed by atoms with E-state index in [0.29, 0.717) is 23.7 Å². The number of hydrogen-bond donors (Lipinski definition) is 2. The van der Waals surface area contributed by atoms with E-state index in [0.717, 1.165) is 4.88 Å². The summed E-state index contributed by atoms with van der Waals surface area (Å²) >= 11 is 1.66. The lowest BCUT2D eigenvalue weighted by Gasteiger charge is -2.15. The number of hydrogen-bond acceptors (Lipinski definition) is 5. The summed E-state index contributed by atoms with van der Waals surface area (Å²) in [5.74, 6) is 1.31. The van der Waals surface area contributed by atoms with Crippen LogP contribution in [-0.4, -0.2) is 26.5 Å². The van der Waals surface area contributed by atoms with Crippen molar-refractivity contribution in [3.8, 4) is 11.5 Å². The summed E-state index contributed by atoms with van der Waals surface area (Å²) in [6.45, 7) is 2.65. The van der Waals surface area contributed by atoms with Gasteiger partial charge in [-0.05, 0) is 31.2 Å². The Kier molecular flexibility index (Phi) is 4.68. The average Bonchev–Trinajstić information content (AvgIpc) is 3.16. The second-order valence-electron chi connectivity index (χ2n) is 5.08. The molecule has 2 N–H and O–H groups in total. The van der Waals surface area contributed by atoms with Crippen molar-refractivity contribution in [3.63, 3.8) is 0 Å². The van der Waals surface area contributed by atoms with Crippen molar-refractivity contribution in [2.24, 2.45) is 0 Å². The largest absolute Gasteiger partial charge is 0.454 e. The summed E-state index contributed by atoms with van der Waals surface area (Å²) in [6.07, 6.45) is -0.156. The van der Waals surface area contributed by atoms with Gasteiger partial charge in [-0.15, -0.1) is 11.3 Å². The minimum atomic E-state index is -0.292. The lowest BCUT2D eigenvalue weighted by Crippen LogP contribution is -2.32. The molecule has 2 amide bonds. The van der Waals surface area contributed by atoms with E-state index in [-0.39, 0.29) is 18.9 Å². The molecular weight excluding hydrogens is 316 g/mol. The number of anilines is 1. The molecule has 7 heteroatoms. The molecule has 0 saturated carbocycles. The van der Waals surface area contributed by atoms with Gasteiger partial charge in [0, 0.05) is 28.6 Å². The normalized spacial score (nSPS) is 13.7. The molecule has 0 fully saturated rings. The first kappa shape index (κ1) is 15.6. The summed E-state index contributed by atoms with van der Waals surface area (Å²) in [7, 11) is 1.64. The van der Waals surface area contributed by atoms with E-state index < -0.39 is 0 Å². The van der Waals surface area contributed by atoms with Crippen LogP contribution in [0.2, 0.25) is 0 Å². The van der Waals surface area contributed by atoms with Crippen LogP contribution < -0.4 is 20.1 Å². The van der Waals surface area contributed by atoms with Crippen molar-refractivity contribution in [1.82, 2.24) is 5.32 Å². The number of ether oxygens (including phenoxy) is 3. The molecule has 1 atom stereocenters. The first-order chi connectivity index (χ1) is 11.2. The summed E-state index contributed by atoms with van der Waals surface area (Å²) in [4.78, 5) is 14.3. The zero-order chi connectivity index (χ0) is 16.2. The Bertz CT molecular complexity index is 701. The van der Waals surface area contributed by atoms with E-state index in [1.165, 1.54) is 4.88 Å². The van der Waals surface area contributed by atoms with Crippen LogP contribution in [0.4, 0.5) is 10.5 Å². The SMILES string of the molecule is COC(CNC(=O)Nc1ccc2c(c1)OCO2)c1ccc(C)s1. The number of carbonyl (C=O) groups is 1. The zero-order valence-electron chi connectivity index (χ0n) is 12.9. The molecule has 1 aliphatic heterocycles. The van der Waals surface area contributed by atoms with Crippen molar-refractivity contribution in [2.45, 2.75) is 13.0 Å². The molecule has 6 nitrogen and oxygen atoms in total. The molecule has 0 spiro atoms. The molecule has 0 radical (unpaired) electrons. The van der Waals surface area contributed by atoms with E-state index in [1.807, 2.05) is 19.1 Å². The fraction of sp³-hybridized carbons (Fsp3) is 0.312. The third kappa shape index (κ3) is 3.75. The van der Waals surface area contributed by atoms with E-state index in [4.69, 9.17) is 14.2 Å². The quantitative estimate of drug-likeness (QED) is 0.880. The molecule has 1 aliphatic rings. The highest BCUT2D eigenvalue weighted by atomic mass is 32.1. The van der Waals surface area contributed by atoms with Crippen LogP contribution in [0.15, 0.2) is 30.3 Å². The van der Waals surface area contributed by atoms with Crippen LogP contribution in [0.25, 0.3) is 0 Å². The molecule has 0 aliphatic carbocycles. The van der Waals surface area contributed by atoms with Crippen LogP contribution in [0.5, 0.6) is 11.5 Å². The number of aryl methyl sites for hydroxylation is 1. The molecule has 0 saturated heterocycles. The molecule has 1 aromatic carbocycles. The molecule has 3 rings (SSSR count). The summed E-state index contributed by atoms with van der Waals surface area (Å²) < 4.78 is 16.0. The van der Waals surface area contributed by atoms with Gasteiger partial charge in [-0.25, -0.2) is 4.79 Å². The van der Waals surface area contributed by atoms with Gasteiger partial charge in [-0.1, -0.05) is 0 Å². The van der Waals surface area contributed by atoms with Crippen LogP contribution in [-0.2, 0) is 4.74 Å². The van der Waals surface area contributed by atoms with Crippen molar-refractivity contribution in [3.05, 3.63) is 40.1 Å². The Balaban J connectivity index is 1.54. The number of nitrogens with one attached hydrogen (secondary N) is 2. The highest BCUT2D eigenvalue weighted by Gasteiger charge is 2.16. The van der Waals surface area contributed by atoms with E-state index in [1.54, 1.807) is 36.6 Å². The second-order valence-corrected chi connectivity index (χ2v) is 6.40. The van der Waals surface area contributed by atoms with Gasteiger partial charge in [0.1, 0.15) is 6.10 Å². The van der Waals surface area contributed by atoms with Gasteiger partial charge in [-0.2, -0.15) is 0 Å². The highest BCUT2D eigenvalue weighted by Crippen LogP contribution is 2.34. The monoisotopic (exact) mass is 334 g/mol. The maximum Gasteiger partial charge on any atom is 0.319 e. The Morgan fingerprint density at radius 1 is 1.30 bits per heavy atom. The van der Waals surface area contributed by atoms with Crippen molar-refractivity contribution in [2.75, 3.05) is 25.8 Å².